The zero-order valence-electron chi connectivity index (χ0n) is 18.3. The summed E-state index contributed by atoms with van der Waals surface area (Å²) in [5.41, 5.74) is 2.10. The van der Waals surface area contributed by atoms with Crippen LogP contribution in [-0.2, 0) is 23.9 Å². The Hall–Kier alpha value is -3.52. The maximum Gasteiger partial charge on any atom is 0.423 e. The lowest BCUT2D eigenvalue weighted by atomic mass is 9.59. The van der Waals surface area contributed by atoms with Crippen molar-refractivity contribution in [3.8, 4) is 5.75 Å². The van der Waals surface area contributed by atoms with Gasteiger partial charge in [-0.25, -0.2) is 4.79 Å². The highest BCUT2D eigenvalue weighted by Crippen LogP contribution is 2.55. The lowest BCUT2D eigenvalue weighted by Gasteiger charge is -2.42. The molecular weight excluding hydrogens is 462 g/mol. The molecule has 1 aliphatic heterocycles. The van der Waals surface area contributed by atoms with Crippen LogP contribution in [-0.4, -0.2) is 46.6 Å². The zero-order chi connectivity index (χ0) is 24.5. The molecule has 1 saturated heterocycles. The Morgan fingerprint density at radius 3 is 2.56 bits per heavy atom. The molecule has 3 aliphatic carbocycles. The summed E-state index contributed by atoms with van der Waals surface area (Å²) in [5, 5.41) is 10.1. The van der Waals surface area contributed by atoms with Crippen molar-refractivity contribution >= 4 is 41.1 Å². The van der Waals surface area contributed by atoms with Crippen LogP contribution in [0.25, 0.3) is 0 Å². The van der Waals surface area contributed by atoms with Gasteiger partial charge < -0.3 is 9.84 Å². The van der Waals surface area contributed by atoms with Gasteiger partial charge in [0.2, 0.25) is 11.8 Å². The number of carbonyl (C=O) groups excluding carboxylic acids is 5. The number of allylic oxidation sites excluding steroid dienone is 6. The molecule has 0 unspecified atom stereocenters. The summed E-state index contributed by atoms with van der Waals surface area (Å²) in [6.07, 6.45) is 2.37. The first-order chi connectivity index (χ1) is 16.1. The molecule has 9 heteroatoms. The number of ether oxygens (including phenoxy) is 1. The molecule has 5 rings (SSSR count). The van der Waals surface area contributed by atoms with E-state index in [1.54, 1.807) is 13.0 Å². The second-order valence-corrected chi connectivity index (χ2v) is 9.32. The number of carbonyl (C=O) groups is 5. The van der Waals surface area contributed by atoms with Crippen molar-refractivity contribution in [3.63, 3.8) is 0 Å². The number of hydrogen-bond acceptors (Lipinski definition) is 7. The van der Waals surface area contributed by atoms with Gasteiger partial charge in [0.15, 0.2) is 11.6 Å². The average molecular weight is 482 g/mol. The molecule has 1 heterocycles. The molecule has 0 spiro atoms. The highest BCUT2D eigenvalue weighted by atomic mass is 35.5. The van der Waals surface area contributed by atoms with E-state index in [9.17, 15) is 29.1 Å². The van der Waals surface area contributed by atoms with Crippen LogP contribution in [0, 0.1) is 17.8 Å². The Bertz CT molecular complexity index is 1300. The molecule has 4 aliphatic rings. The second kappa shape index (κ2) is 7.77. The number of ketones is 2. The third-order valence-corrected chi connectivity index (χ3v) is 7.54. The normalized spacial score (nSPS) is 28.3. The third-order valence-electron chi connectivity index (χ3n) is 7.21. The number of benzene rings is 1. The van der Waals surface area contributed by atoms with Crippen LogP contribution >= 0.6 is 11.6 Å². The number of likely N-dealkylation sites (tertiary alicyclic amines) is 1. The minimum Gasteiger partial charge on any atom is -0.508 e. The predicted octanol–water partition coefficient (Wildman–Crippen LogP) is 3.24. The van der Waals surface area contributed by atoms with Gasteiger partial charge in [-0.15, -0.1) is 0 Å². The van der Waals surface area contributed by atoms with E-state index in [0.29, 0.717) is 32.8 Å². The molecule has 4 atom stereocenters. The first-order valence-electron chi connectivity index (χ1n) is 10.8. The molecule has 1 aromatic rings. The van der Waals surface area contributed by atoms with Gasteiger partial charge in [-0.2, -0.15) is 4.90 Å². The molecule has 1 aromatic carbocycles. The molecule has 174 valence electrons. The van der Waals surface area contributed by atoms with Crippen LogP contribution in [0.4, 0.5) is 4.79 Å². The Morgan fingerprint density at radius 2 is 1.88 bits per heavy atom. The fourth-order valence-electron chi connectivity index (χ4n) is 5.76. The molecular formula is C25H20ClNO7. The van der Waals surface area contributed by atoms with Gasteiger partial charge in [-0.05, 0) is 49.5 Å². The Kier molecular flexibility index (Phi) is 5.09. The predicted molar refractivity (Wildman–Crippen MR) is 119 cm³/mol. The average Bonchev–Trinajstić information content (AvgIpc) is 3.06. The first kappa shape index (κ1) is 22.3. The van der Waals surface area contributed by atoms with Crippen molar-refractivity contribution in [1.82, 2.24) is 4.90 Å². The first-order valence-corrected chi connectivity index (χ1v) is 11.2. The fraction of sp³-hybridized carbons (Fsp3) is 0.320. The quantitative estimate of drug-likeness (QED) is 0.371. The van der Waals surface area contributed by atoms with Crippen LogP contribution in [0.5, 0.6) is 5.75 Å². The number of amides is 3. The van der Waals surface area contributed by atoms with E-state index in [4.69, 9.17) is 11.6 Å². The number of phenolic OH excluding ortho intramolecular Hbond substituents is 1. The van der Waals surface area contributed by atoms with Gasteiger partial charge in [-0.3, -0.25) is 19.2 Å². The lowest BCUT2D eigenvalue weighted by molar-refractivity contribution is -0.137. The number of aromatic hydroxyl groups is 1. The number of methoxy groups -OCH3 is 1. The van der Waals surface area contributed by atoms with Gasteiger partial charge in [0.1, 0.15) is 5.75 Å². The zero-order valence-corrected chi connectivity index (χ0v) is 19.1. The summed E-state index contributed by atoms with van der Waals surface area (Å²) in [6, 6.07) is 4.39. The number of phenols is 1. The summed E-state index contributed by atoms with van der Waals surface area (Å²) in [4.78, 5) is 65.2. The summed E-state index contributed by atoms with van der Waals surface area (Å²) >= 11 is 6.47. The van der Waals surface area contributed by atoms with Crippen LogP contribution in [0.1, 0.15) is 31.2 Å². The molecule has 1 fully saturated rings. The topological polar surface area (TPSA) is 118 Å². The summed E-state index contributed by atoms with van der Waals surface area (Å²) in [6.45, 7) is 1.56. The van der Waals surface area contributed by atoms with E-state index in [2.05, 4.69) is 4.74 Å². The monoisotopic (exact) mass is 481 g/mol. The van der Waals surface area contributed by atoms with Crippen molar-refractivity contribution < 1.29 is 33.8 Å². The van der Waals surface area contributed by atoms with E-state index in [-0.39, 0.29) is 35.2 Å². The smallest absolute Gasteiger partial charge is 0.423 e. The number of Topliss-reactive ketones (excluding diaryl/α,β-unsaturated/α-hetero) is 1. The van der Waals surface area contributed by atoms with Crippen molar-refractivity contribution in [1.29, 1.82) is 0 Å². The molecule has 0 bridgehead atoms. The summed E-state index contributed by atoms with van der Waals surface area (Å²) in [7, 11) is 1.09. The highest BCUT2D eigenvalue weighted by Gasteiger charge is 2.58. The second-order valence-electron chi connectivity index (χ2n) is 8.92. The molecule has 0 radical (unpaired) electrons. The summed E-state index contributed by atoms with van der Waals surface area (Å²) in [5.74, 6) is -4.89. The number of nitrogens with zero attached hydrogens (tertiary/aromatic N) is 1. The Labute approximate surface area is 199 Å². The van der Waals surface area contributed by atoms with Gasteiger partial charge in [0.05, 0.1) is 18.9 Å². The van der Waals surface area contributed by atoms with E-state index in [1.165, 1.54) is 18.2 Å². The van der Waals surface area contributed by atoms with E-state index < -0.39 is 41.6 Å². The van der Waals surface area contributed by atoms with Crippen molar-refractivity contribution in [3.05, 3.63) is 63.2 Å². The van der Waals surface area contributed by atoms with Gasteiger partial charge >= 0.3 is 6.09 Å². The maximum atomic E-state index is 13.3. The minimum atomic E-state index is -1.04. The van der Waals surface area contributed by atoms with Crippen molar-refractivity contribution in [2.24, 2.45) is 17.8 Å². The number of imide groups is 3. The molecule has 0 saturated carbocycles. The lowest BCUT2D eigenvalue weighted by Crippen LogP contribution is -2.40. The van der Waals surface area contributed by atoms with E-state index in [1.807, 2.05) is 6.08 Å². The summed E-state index contributed by atoms with van der Waals surface area (Å²) < 4.78 is 4.64. The molecule has 34 heavy (non-hydrogen) atoms. The van der Waals surface area contributed by atoms with E-state index >= 15 is 0 Å². The van der Waals surface area contributed by atoms with Gasteiger partial charge in [0, 0.05) is 27.7 Å². The van der Waals surface area contributed by atoms with Crippen LogP contribution < -0.4 is 0 Å². The standard InChI is InChI=1S/C25H20ClNO7/c1-10-7-18(29)21-16(22(10)30)9-15-12(19(21)13-4-3-11(28)8-17(13)26)5-6-14-20(15)24(32)27(23(14)31)25(33)34-2/h3-5,7-8,14-15,19-20,28H,6,9H2,1-2H3/t14-,15+,19+,20-/m0/s1. The number of halogens is 1. The Morgan fingerprint density at radius 1 is 1.15 bits per heavy atom. The maximum absolute atomic E-state index is 13.3. The minimum absolute atomic E-state index is 0.0555. The SMILES string of the molecule is COC(=O)N1C(=O)[C@H]2[C@H](CC=C3[C@H](c4ccc(O)cc4Cl)C4=C(C[C@H]32)C(=O)C(C)=CC4=O)C1=O. The fourth-order valence-corrected chi connectivity index (χ4v) is 6.04. The molecule has 8 nitrogen and oxygen atoms in total. The third kappa shape index (κ3) is 3.01. The van der Waals surface area contributed by atoms with Crippen LogP contribution in [0.15, 0.2) is 52.6 Å². The van der Waals surface area contributed by atoms with Gasteiger partial charge in [0.25, 0.3) is 0 Å². The largest absolute Gasteiger partial charge is 0.508 e. The number of hydrogen-bond donors (Lipinski definition) is 1. The molecule has 0 aromatic heterocycles. The van der Waals surface area contributed by atoms with Crippen LogP contribution in [0.3, 0.4) is 0 Å². The molecule has 3 amide bonds. The van der Waals surface area contributed by atoms with Gasteiger partial charge in [-0.1, -0.05) is 29.3 Å². The molecule has 1 N–H and O–H groups in total. The highest BCUT2D eigenvalue weighted by molar-refractivity contribution is 6.32. The van der Waals surface area contributed by atoms with Crippen LogP contribution in [0.2, 0.25) is 5.02 Å². The van der Waals surface area contributed by atoms with E-state index in [0.717, 1.165) is 7.11 Å². The van der Waals surface area contributed by atoms with Crippen molar-refractivity contribution in [2.75, 3.05) is 7.11 Å². The Balaban J connectivity index is 1.69. The van der Waals surface area contributed by atoms with Crippen molar-refractivity contribution in [2.45, 2.75) is 25.7 Å². The number of rotatable bonds is 1. The number of fused-ring (bicyclic) bond motifs is 3.